The van der Waals surface area contributed by atoms with Crippen LogP contribution in [0.2, 0.25) is 0 Å². The maximum atomic E-state index is 12.9. The van der Waals surface area contributed by atoms with Gasteiger partial charge in [-0.2, -0.15) is 0 Å². The third kappa shape index (κ3) is 2.57. The summed E-state index contributed by atoms with van der Waals surface area (Å²) in [5.41, 5.74) is -0.111. The lowest BCUT2D eigenvalue weighted by Gasteiger charge is -2.44. The molecule has 0 N–H and O–H groups in total. The Labute approximate surface area is 106 Å². The summed E-state index contributed by atoms with van der Waals surface area (Å²) < 4.78 is 0. The van der Waals surface area contributed by atoms with E-state index < -0.39 is 0 Å². The van der Waals surface area contributed by atoms with Crippen LogP contribution in [0, 0.1) is 5.92 Å². The number of likely N-dealkylation sites (N-methyl/N-ethyl adjacent to an activating group) is 1. The molecule has 0 radical (unpaired) electrons. The molecule has 0 atom stereocenters. The van der Waals surface area contributed by atoms with Gasteiger partial charge in [0, 0.05) is 5.92 Å². The Balaban J connectivity index is 2.11. The Morgan fingerprint density at radius 2 is 1.47 bits per heavy atom. The van der Waals surface area contributed by atoms with E-state index in [1.165, 1.54) is 38.5 Å². The lowest BCUT2D eigenvalue weighted by molar-refractivity contribution is -0.137. The summed E-state index contributed by atoms with van der Waals surface area (Å²) in [7, 11) is 4.21. The molecule has 98 valence electrons. The number of ketones is 1. The van der Waals surface area contributed by atoms with E-state index in [9.17, 15) is 4.79 Å². The van der Waals surface area contributed by atoms with Crippen molar-refractivity contribution in [1.29, 1.82) is 0 Å². The van der Waals surface area contributed by atoms with Gasteiger partial charge in [0.05, 0.1) is 5.54 Å². The van der Waals surface area contributed by atoms with E-state index in [2.05, 4.69) is 19.0 Å². The summed E-state index contributed by atoms with van der Waals surface area (Å²) in [6, 6.07) is 0. The van der Waals surface area contributed by atoms with Gasteiger partial charge in [0.15, 0.2) is 5.78 Å². The van der Waals surface area contributed by atoms with Gasteiger partial charge >= 0.3 is 0 Å². The molecule has 2 nitrogen and oxygen atoms in total. The lowest BCUT2D eigenvalue weighted by atomic mass is 9.71. The smallest absolute Gasteiger partial charge is 0.156 e. The van der Waals surface area contributed by atoms with Gasteiger partial charge in [0.2, 0.25) is 0 Å². The number of carbonyl (C=O) groups is 1. The van der Waals surface area contributed by atoms with Crippen LogP contribution in [0.1, 0.15) is 64.2 Å². The summed E-state index contributed by atoms with van der Waals surface area (Å²) in [6.45, 7) is 0. The number of carbonyl (C=O) groups excluding carboxylic acids is 1. The highest BCUT2D eigenvalue weighted by atomic mass is 16.1. The average molecular weight is 237 g/mol. The number of rotatable bonds is 3. The highest BCUT2D eigenvalue weighted by molar-refractivity contribution is 5.90. The summed E-state index contributed by atoms with van der Waals surface area (Å²) in [4.78, 5) is 15.1. The SMILES string of the molecule is CN(C)C1(C(=O)C2CCCCC2)CCCCC1. The molecule has 0 bridgehead atoms. The normalized spacial score (nSPS) is 26.1. The van der Waals surface area contributed by atoms with Gasteiger partial charge in [-0.15, -0.1) is 0 Å². The molecule has 0 heterocycles. The Morgan fingerprint density at radius 1 is 0.941 bits per heavy atom. The molecule has 0 unspecified atom stereocenters. The maximum Gasteiger partial charge on any atom is 0.156 e. The van der Waals surface area contributed by atoms with Crippen molar-refractivity contribution in [1.82, 2.24) is 4.90 Å². The molecule has 2 heteroatoms. The van der Waals surface area contributed by atoms with Crippen molar-refractivity contribution in [2.45, 2.75) is 69.7 Å². The third-order valence-corrected chi connectivity index (χ3v) is 4.97. The minimum atomic E-state index is -0.111. The van der Waals surface area contributed by atoms with E-state index in [1.807, 2.05) is 0 Å². The van der Waals surface area contributed by atoms with Crippen LogP contribution in [0.5, 0.6) is 0 Å². The van der Waals surface area contributed by atoms with E-state index in [0.717, 1.165) is 25.7 Å². The van der Waals surface area contributed by atoms with Crippen LogP contribution < -0.4 is 0 Å². The maximum absolute atomic E-state index is 12.9. The highest BCUT2D eigenvalue weighted by Gasteiger charge is 2.44. The Morgan fingerprint density at radius 3 is 2.00 bits per heavy atom. The third-order valence-electron chi connectivity index (χ3n) is 4.97. The van der Waals surface area contributed by atoms with Crippen molar-refractivity contribution in [2.75, 3.05) is 14.1 Å². The standard InChI is InChI=1S/C15H27NO/c1-16(2)15(11-7-4-8-12-15)14(17)13-9-5-3-6-10-13/h13H,3-12H2,1-2H3. The summed E-state index contributed by atoms with van der Waals surface area (Å²) in [5.74, 6) is 0.936. The van der Waals surface area contributed by atoms with Gasteiger partial charge < -0.3 is 0 Å². The molecular weight excluding hydrogens is 210 g/mol. The number of Topliss-reactive ketones (excluding diaryl/α,β-unsaturated/α-hetero) is 1. The molecule has 17 heavy (non-hydrogen) atoms. The molecule has 2 rings (SSSR count). The first kappa shape index (κ1) is 13.1. The second-order valence-corrected chi connectivity index (χ2v) is 6.19. The van der Waals surface area contributed by atoms with Gasteiger partial charge in [0.1, 0.15) is 0 Å². The molecule has 2 aliphatic carbocycles. The van der Waals surface area contributed by atoms with Crippen molar-refractivity contribution in [3.05, 3.63) is 0 Å². The molecule has 0 spiro atoms. The van der Waals surface area contributed by atoms with Gasteiger partial charge in [-0.1, -0.05) is 38.5 Å². The van der Waals surface area contributed by atoms with Crippen LogP contribution in [0.15, 0.2) is 0 Å². The Kier molecular flexibility index (Phi) is 4.24. The minimum absolute atomic E-state index is 0.111. The predicted octanol–water partition coefficient (Wildman–Crippen LogP) is 3.40. The van der Waals surface area contributed by atoms with E-state index in [0.29, 0.717) is 11.7 Å². The number of hydrogen-bond acceptors (Lipinski definition) is 2. The quantitative estimate of drug-likeness (QED) is 0.750. The first-order valence-electron chi connectivity index (χ1n) is 7.38. The fraction of sp³-hybridized carbons (Fsp3) is 0.933. The largest absolute Gasteiger partial charge is 0.297 e. The fourth-order valence-electron chi connectivity index (χ4n) is 3.80. The zero-order valence-corrected chi connectivity index (χ0v) is 11.5. The van der Waals surface area contributed by atoms with Crippen molar-refractivity contribution < 1.29 is 4.79 Å². The zero-order chi connectivity index (χ0) is 12.3. The first-order valence-corrected chi connectivity index (χ1v) is 7.38. The molecule has 2 aliphatic rings. The van der Waals surface area contributed by atoms with Gasteiger partial charge in [0.25, 0.3) is 0 Å². The van der Waals surface area contributed by atoms with Crippen LogP contribution in [0.4, 0.5) is 0 Å². The summed E-state index contributed by atoms with van der Waals surface area (Å²) in [5, 5.41) is 0. The van der Waals surface area contributed by atoms with Crippen molar-refractivity contribution in [3.8, 4) is 0 Å². The van der Waals surface area contributed by atoms with Crippen molar-refractivity contribution in [2.24, 2.45) is 5.92 Å². The van der Waals surface area contributed by atoms with E-state index in [1.54, 1.807) is 0 Å². The highest BCUT2D eigenvalue weighted by Crippen LogP contribution is 2.38. The number of nitrogens with zero attached hydrogens (tertiary/aromatic N) is 1. The second-order valence-electron chi connectivity index (χ2n) is 6.19. The zero-order valence-electron chi connectivity index (χ0n) is 11.5. The van der Waals surface area contributed by atoms with Crippen molar-refractivity contribution >= 4 is 5.78 Å². The second kappa shape index (κ2) is 5.51. The monoisotopic (exact) mass is 237 g/mol. The van der Waals surface area contributed by atoms with Crippen LogP contribution in [-0.2, 0) is 4.79 Å². The van der Waals surface area contributed by atoms with Crippen LogP contribution >= 0.6 is 0 Å². The fourth-order valence-corrected chi connectivity index (χ4v) is 3.80. The molecule has 0 aromatic carbocycles. The van der Waals surface area contributed by atoms with E-state index >= 15 is 0 Å². The van der Waals surface area contributed by atoms with Crippen LogP contribution in [-0.4, -0.2) is 30.3 Å². The van der Waals surface area contributed by atoms with Gasteiger partial charge in [-0.05, 0) is 39.8 Å². The summed E-state index contributed by atoms with van der Waals surface area (Å²) >= 11 is 0. The molecule has 0 aromatic rings. The van der Waals surface area contributed by atoms with E-state index in [-0.39, 0.29) is 5.54 Å². The predicted molar refractivity (Wildman–Crippen MR) is 71.1 cm³/mol. The molecule has 0 saturated heterocycles. The first-order chi connectivity index (χ1) is 8.17. The molecule has 2 saturated carbocycles. The Hall–Kier alpha value is -0.370. The lowest BCUT2D eigenvalue weighted by Crippen LogP contribution is -2.54. The van der Waals surface area contributed by atoms with Gasteiger partial charge in [-0.3, -0.25) is 9.69 Å². The molecule has 0 aromatic heterocycles. The molecule has 2 fully saturated rings. The van der Waals surface area contributed by atoms with E-state index in [4.69, 9.17) is 0 Å². The molecular formula is C15H27NO. The average Bonchev–Trinajstić information content (AvgIpc) is 2.39. The summed E-state index contributed by atoms with van der Waals surface area (Å²) in [6.07, 6.45) is 12.1. The van der Waals surface area contributed by atoms with Crippen LogP contribution in [0.25, 0.3) is 0 Å². The Bertz CT molecular complexity index is 260. The number of hydrogen-bond donors (Lipinski definition) is 0. The topological polar surface area (TPSA) is 20.3 Å². The van der Waals surface area contributed by atoms with Gasteiger partial charge in [-0.25, -0.2) is 0 Å². The minimum Gasteiger partial charge on any atom is -0.297 e. The van der Waals surface area contributed by atoms with Crippen molar-refractivity contribution in [3.63, 3.8) is 0 Å². The molecule has 0 amide bonds. The molecule has 0 aliphatic heterocycles. The van der Waals surface area contributed by atoms with Crippen LogP contribution in [0.3, 0.4) is 0 Å².